The summed E-state index contributed by atoms with van der Waals surface area (Å²) in [4.78, 5) is 26.0. The molecule has 4 bridgehead atoms. The predicted molar refractivity (Wildman–Crippen MR) is 114 cm³/mol. The number of carbonyl (C=O) groups is 2. The summed E-state index contributed by atoms with van der Waals surface area (Å²) in [6.45, 7) is 0.738. The molecule has 6 aliphatic rings. The minimum atomic E-state index is -1.76. The van der Waals surface area contributed by atoms with Crippen molar-refractivity contribution in [2.75, 3.05) is 13.1 Å². The first kappa shape index (κ1) is 23.9. The van der Waals surface area contributed by atoms with Gasteiger partial charge in [-0.2, -0.15) is 5.26 Å². The first-order chi connectivity index (χ1) is 16.1. The molecular weight excluding hydrogens is 446 g/mol. The molecule has 188 valence electrons. The van der Waals surface area contributed by atoms with Crippen LogP contribution in [0, 0.1) is 23.2 Å². The standard InChI is InChI=1S/C23H33N3O8/c24-9-14-2-1-3-26(14)15(27)10-25-22-5-12-4-13(6-22)8-23(7-12,11-22)34-21-18(30)16(28)17(29)19(33-21)20(31)32/h12-14,16-19,21,25,28-30H,1-8,10-11H2,(H,31,32). The van der Waals surface area contributed by atoms with E-state index in [0.717, 1.165) is 38.5 Å². The van der Waals surface area contributed by atoms with Gasteiger partial charge in [-0.25, -0.2) is 4.79 Å². The molecule has 0 aromatic heterocycles. The van der Waals surface area contributed by atoms with E-state index in [-0.39, 0.29) is 24.0 Å². The lowest BCUT2D eigenvalue weighted by atomic mass is 9.51. The molecule has 8 unspecified atom stereocenters. The van der Waals surface area contributed by atoms with E-state index in [1.54, 1.807) is 4.90 Å². The number of carboxylic acid groups (broad SMARTS) is 1. The van der Waals surface area contributed by atoms with E-state index >= 15 is 0 Å². The Morgan fingerprint density at radius 1 is 1.12 bits per heavy atom. The normalized spacial score (nSPS) is 47.5. The monoisotopic (exact) mass is 479 g/mol. The van der Waals surface area contributed by atoms with E-state index in [1.807, 2.05) is 0 Å². The third kappa shape index (κ3) is 4.10. The molecule has 2 saturated heterocycles. The Bertz CT molecular complexity index is 863. The molecule has 4 saturated carbocycles. The minimum absolute atomic E-state index is 0.0813. The Labute approximate surface area is 197 Å². The van der Waals surface area contributed by atoms with Gasteiger partial charge in [-0.15, -0.1) is 0 Å². The molecule has 34 heavy (non-hydrogen) atoms. The van der Waals surface area contributed by atoms with Crippen LogP contribution in [-0.2, 0) is 19.1 Å². The number of carboxylic acids is 1. The Hall–Kier alpha value is -1.81. The van der Waals surface area contributed by atoms with Gasteiger partial charge in [0.05, 0.1) is 18.2 Å². The molecule has 11 nitrogen and oxygen atoms in total. The van der Waals surface area contributed by atoms with Crippen LogP contribution in [0.25, 0.3) is 0 Å². The van der Waals surface area contributed by atoms with Crippen molar-refractivity contribution in [1.29, 1.82) is 5.26 Å². The highest BCUT2D eigenvalue weighted by atomic mass is 16.7. The lowest BCUT2D eigenvalue weighted by Crippen LogP contribution is -2.68. The van der Waals surface area contributed by atoms with E-state index < -0.39 is 42.3 Å². The third-order valence-electron chi connectivity index (χ3n) is 8.52. The van der Waals surface area contributed by atoms with Crippen LogP contribution in [0.2, 0.25) is 0 Å². The lowest BCUT2D eigenvalue weighted by Gasteiger charge is -2.62. The van der Waals surface area contributed by atoms with Gasteiger partial charge in [0, 0.05) is 12.1 Å². The van der Waals surface area contributed by atoms with Crippen LogP contribution in [-0.4, -0.2) is 98.2 Å². The molecule has 8 atom stereocenters. The third-order valence-corrected chi connectivity index (χ3v) is 8.52. The van der Waals surface area contributed by atoms with Crippen LogP contribution < -0.4 is 5.32 Å². The highest BCUT2D eigenvalue weighted by Crippen LogP contribution is 2.59. The van der Waals surface area contributed by atoms with Gasteiger partial charge in [0.2, 0.25) is 5.91 Å². The number of amides is 1. The smallest absolute Gasteiger partial charge is 0.335 e. The largest absolute Gasteiger partial charge is 0.479 e. The first-order valence-electron chi connectivity index (χ1n) is 12.2. The number of aliphatic hydroxyl groups excluding tert-OH is 3. The van der Waals surface area contributed by atoms with Gasteiger partial charge in [-0.3, -0.25) is 4.79 Å². The Balaban J connectivity index is 1.29. The number of hydrogen-bond donors (Lipinski definition) is 5. The molecule has 5 N–H and O–H groups in total. The van der Waals surface area contributed by atoms with Gasteiger partial charge in [0.1, 0.15) is 24.4 Å². The summed E-state index contributed by atoms with van der Waals surface area (Å²) in [5.74, 6) is -0.808. The predicted octanol–water partition coefficient (Wildman–Crippen LogP) is -0.909. The van der Waals surface area contributed by atoms with Crippen molar-refractivity contribution in [2.45, 2.75) is 99.3 Å². The van der Waals surface area contributed by atoms with Gasteiger partial charge >= 0.3 is 5.97 Å². The number of nitrogens with one attached hydrogen (secondary N) is 1. The highest BCUT2D eigenvalue weighted by Gasteiger charge is 2.60. The zero-order chi connectivity index (χ0) is 24.3. The summed E-state index contributed by atoms with van der Waals surface area (Å²) in [6, 6.07) is 1.84. The molecule has 2 aliphatic heterocycles. The maximum absolute atomic E-state index is 12.8. The van der Waals surface area contributed by atoms with Crippen molar-refractivity contribution in [3.05, 3.63) is 0 Å². The molecule has 4 aliphatic carbocycles. The number of ether oxygens (including phenoxy) is 2. The molecule has 11 heteroatoms. The van der Waals surface area contributed by atoms with Gasteiger partial charge in [0.15, 0.2) is 12.4 Å². The zero-order valence-electron chi connectivity index (χ0n) is 19.0. The number of nitriles is 1. The van der Waals surface area contributed by atoms with Gasteiger partial charge in [0.25, 0.3) is 0 Å². The van der Waals surface area contributed by atoms with Gasteiger partial charge < -0.3 is 40.1 Å². The average Bonchev–Trinajstić information content (AvgIpc) is 3.26. The number of likely N-dealkylation sites (tertiary alicyclic amines) is 1. The SMILES string of the molecule is N#CC1CCCN1C(=O)CNC12CC3CC(C1)CC(OC1OC(C(=O)O)C(O)C(O)C1O)(C3)C2. The number of rotatable bonds is 6. The maximum atomic E-state index is 12.8. The number of aliphatic carboxylic acids is 1. The van der Waals surface area contributed by atoms with E-state index in [2.05, 4.69) is 11.4 Å². The number of hydrogen-bond acceptors (Lipinski definition) is 9. The van der Waals surface area contributed by atoms with E-state index in [0.29, 0.717) is 31.2 Å². The van der Waals surface area contributed by atoms with Crippen molar-refractivity contribution in [2.24, 2.45) is 11.8 Å². The molecule has 0 aromatic rings. The number of carbonyl (C=O) groups excluding carboxylic acids is 1. The maximum Gasteiger partial charge on any atom is 0.335 e. The van der Waals surface area contributed by atoms with Crippen LogP contribution >= 0.6 is 0 Å². The van der Waals surface area contributed by atoms with Crippen molar-refractivity contribution in [1.82, 2.24) is 10.2 Å². The van der Waals surface area contributed by atoms with Crippen molar-refractivity contribution < 1.29 is 39.5 Å². The molecule has 1 amide bonds. The minimum Gasteiger partial charge on any atom is -0.479 e. The summed E-state index contributed by atoms with van der Waals surface area (Å²) in [7, 11) is 0. The van der Waals surface area contributed by atoms with E-state index in [9.17, 15) is 35.3 Å². The van der Waals surface area contributed by atoms with E-state index in [1.165, 1.54) is 0 Å². The molecular formula is C23H33N3O8. The summed E-state index contributed by atoms with van der Waals surface area (Å²) >= 11 is 0. The fraction of sp³-hybridized carbons (Fsp3) is 0.870. The second kappa shape index (κ2) is 8.69. The first-order valence-corrected chi connectivity index (χ1v) is 12.2. The Morgan fingerprint density at radius 3 is 2.47 bits per heavy atom. The second-order valence-corrected chi connectivity index (χ2v) is 11.0. The molecule has 0 aromatic carbocycles. The van der Waals surface area contributed by atoms with Gasteiger partial charge in [-0.05, 0) is 63.2 Å². The van der Waals surface area contributed by atoms with Crippen LogP contribution in [0.15, 0.2) is 0 Å². The second-order valence-electron chi connectivity index (χ2n) is 11.0. The summed E-state index contributed by atoms with van der Waals surface area (Å²) < 4.78 is 11.7. The van der Waals surface area contributed by atoms with Gasteiger partial charge in [-0.1, -0.05) is 0 Å². The molecule has 0 spiro atoms. The lowest BCUT2D eigenvalue weighted by molar-refractivity contribution is -0.337. The van der Waals surface area contributed by atoms with Crippen LogP contribution in [0.3, 0.4) is 0 Å². The molecule has 6 fully saturated rings. The van der Waals surface area contributed by atoms with E-state index in [4.69, 9.17) is 9.47 Å². The zero-order valence-corrected chi connectivity index (χ0v) is 19.0. The fourth-order valence-electron chi connectivity index (χ4n) is 7.48. The molecule has 6 rings (SSSR count). The number of nitrogens with zero attached hydrogens (tertiary/aromatic N) is 2. The average molecular weight is 480 g/mol. The van der Waals surface area contributed by atoms with Crippen LogP contribution in [0.5, 0.6) is 0 Å². The Morgan fingerprint density at radius 2 is 1.82 bits per heavy atom. The summed E-state index contributed by atoms with van der Waals surface area (Å²) in [6.07, 6.45) is -1.70. The molecule has 2 heterocycles. The van der Waals surface area contributed by atoms with Crippen molar-refractivity contribution in [3.8, 4) is 6.07 Å². The Kier molecular flexibility index (Phi) is 6.11. The fourth-order valence-corrected chi connectivity index (χ4v) is 7.48. The summed E-state index contributed by atoms with van der Waals surface area (Å²) in [5.41, 5.74) is -1.01. The topological polar surface area (TPSA) is 173 Å². The van der Waals surface area contributed by atoms with Crippen LogP contribution in [0.1, 0.15) is 51.4 Å². The highest BCUT2D eigenvalue weighted by molar-refractivity contribution is 5.79. The van der Waals surface area contributed by atoms with Crippen molar-refractivity contribution in [3.63, 3.8) is 0 Å². The summed E-state index contributed by atoms with van der Waals surface area (Å²) in [5, 5.41) is 52.8. The quantitative estimate of drug-likeness (QED) is 0.321. The van der Waals surface area contributed by atoms with Crippen LogP contribution in [0.4, 0.5) is 0 Å². The number of aliphatic hydroxyl groups is 3. The van der Waals surface area contributed by atoms with Crippen molar-refractivity contribution >= 4 is 11.9 Å². The molecule has 0 radical (unpaired) electrons.